The second-order valence-electron chi connectivity index (χ2n) is 6.55. The monoisotopic (exact) mass is 399 g/mol. The molecule has 1 atom stereocenters. The summed E-state index contributed by atoms with van der Waals surface area (Å²) in [5.74, 6) is -0.997. The highest BCUT2D eigenvalue weighted by Gasteiger charge is 2.35. The molecule has 0 bridgehead atoms. The van der Waals surface area contributed by atoms with Crippen molar-refractivity contribution in [3.8, 4) is 0 Å². The highest BCUT2D eigenvalue weighted by Crippen LogP contribution is 2.33. The number of hydrogen-bond donors (Lipinski definition) is 1. The Kier molecular flexibility index (Phi) is 4.72. The van der Waals surface area contributed by atoms with E-state index in [9.17, 15) is 14.0 Å². The summed E-state index contributed by atoms with van der Waals surface area (Å²) >= 11 is 1.33. The molecule has 1 aromatic carbocycles. The zero-order valence-electron chi connectivity index (χ0n) is 15.4. The van der Waals surface area contributed by atoms with Gasteiger partial charge >= 0.3 is 5.97 Å². The van der Waals surface area contributed by atoms with E-state index >= 15 is 0 Å². The van der Waals surface area contributed by atoms with E-state index in [4.69, 9.17) is 4.74 Å². The molecule has 1 fully saturated rings. The van der Waals surface area contributed by atoms with Gasteiger partial charge in [-0.25, -0.2) is 14.2 Å². The number of pyridine rings is 1. The summed E-state index contributed by atoms with van der Waals surface area (Å²) in [7, 11) is 1.32. The molecule has 0 saturated carbocycles. The number of aromatic nitrogens is 1. The Morgan fingerprint density at radius 3 is 3.00 bits per heavy atom. The van der Waals surface area contributed by atoms with Crippen LogP contribution >= 0.6 is 11.3 Å². The van der Waals surface area contributed by atoms with Crippen LogP contribution in [0.15, 0.2) is 35.7 Å². The van der Waals surface area contributed by atoms with Gasteiger partial charge in [0.05, 0.1) is 12.7 Å². The molecule has 0 radical (unpaired) electrons. The molecule has 8 heteroatoms. The number of carbonyl (C=O) groups is 2. The minimum Gasteiger partial charge on any atom is -0.465 e. The molecule has 3 aromatic rings. The van der Waals surface area contributed by atoms with Crippen LogP contribution in [0.4, 0.5) is 15.1 Å². The van der Waals surface area contributed by atoms with Gasteiger partial charge in [-0.2, -0.15) is 0 Å². The van der Waals surface area contributed by atoms with Crippen molar-refractivity contribution < 1.29 is 18.7 Å². The molecule has 28 heavy (non-hydrogen) atoms. The van der Waals surface area contributed by atoms with Crippen LogP contribution in [0.3, 0.4) is 0 Å². The lowest BCUT2D eigenvalue weighted by molar-refractivity contribution is -0.117. The summed E-state index contributed by atoms with van der Waals surface area (Å²) in [4.78, 5) is 30.8. The SMILES string of the molecule is COC(=O)c1ccsc1N1CCC(Nc2cc(C)nc3c(F)cccc23)C1=O. The van der Waals surface area contributed by atoms with Crippen LogP contribution < -0.4 is 10.2 Å². The summed E-state index contributed by atoms with van der Waals surface area (Å²) in [6.07, 6.45) is 0.565. The number of aryl methyl sites for hydroxylation is 1. The standard InChI is InChI=1S/C20H18FN3O3S/c1-11-10-16(12-4-3-5-14(21)17(12)22-11)23-15-6-8-24(18(15)25)19-13(7-9-28-19)20(26)27-2/h3-5,7,9-10,15H,6,8H2,1-2H3,(H,22,23). The fourth-order valence-corrected chi connectivity index (χ4v) is 4.36. The van der Waals surface area contributed by atoms with Gasteiger partial charge in [-0.05, 0) is 36.9 Å². The topological polar surface area (TPSA) is 71.5 Å². The van der Waals surface area contributed by atoms with E-state index in [1.165, 1.54) is 24.5 Å². The molecule has 1 unspecified atom stereocenters. The second kappa shape index (κ2) is 7.20. The predicted molar refractivity (Wildman–Crippen MR) is 106 cm³/mol. The number of nitrogens with one attached hydrogen (secondary N) is 1. The van der Waals surface area contributed by atoms with Crippen LogP contribution in [0.1, 0.15) is 22.5 Å². The predicted octanol–water partition coefficient (Wildman–Crippen LogP) is 3.75. The number of amides is 1. The van der Waals surface area contributed by atoms with Gasteiger partial charge in [0.2, 0.25) is 5.91 Å². The molecule has 1 N–H and O–H groups in total. The van der Waals surface area contributed by atoms with Gasteiger partial charge in [0.1, 0.15) is 22.4 Å². The minimum absolute atomic E-state index is 0.133. The van der Waals surface area contributed by atoms with Gasteiger partial charge in [-0.3, -0.25) is 4.79 Å². The maximum atomic E-state index is 14.1. The van der Waals surface area contributed by atoms with Crippen molar-refractivity contribution in [2.45, 2.75) is 19.4 Å². The van der Waals surface area contributed by atoms with E-state index in [-0.39, 0.29) is 11.4 Å². The molecule has 6 nitrogen and oxygen atoms in total. The van der Waals surface area contributed by atoms with Crippen molar-refractivity contribution in [1.29, 1.82) is 0 Å². The fourth-order valence-electron chi connectivity index (χ4n) is 3.44. The summed E-state index contributed by atoms with van der Waals surface area (Å²) in [5, 5.41) is 6.22. The van der Waals surface area contributed by atoms with Crippen molar-refractivity contribution in [3.05, 3.63) is 52.8 Å². The van der Waals surface area contributed by atoms with Crippen LogP contribution in [0.25, 0.3) is 10.9 Å². The van der Waals surface area contributed by atoms with Gasteiger partial charge < -0.3 is 15.0 Å². The van der Waals surface area contributed by atoms with E-state index in [0.29, 0.717) is 40.3 Å². The Morgan fingerprint density at radius 1 is 1.39 bits per heavy atom. The molecule has 2 aromatic heterocycles. The second-order valence-corrected chi connectivity index (χ2v) is 7.45. The van der Waals surface area contributed by atoms with Gasteiger partial charge in [-0.1, -0.05) is 12.1 Å². The number of nitrogens with zero attached hydrogens (tertiary/aromatic N) is 2. The highest BCUT2D eigenvalue weighted by atomic mass is 32.1. The average molecular weight is 399 g/mol. The average Bonchev–Trinajstić information content (AvgIpc) is 3.29. The molecular weight excluding hydrogens is 381 g/mol. The zero-order chi connectivity index (χ0) is 19.8. The molecule has 0 spiro atoms. The number of hydrogen-bond acceptors (Lipinski definition) is 6. The van der Waals surface area contributed by atoms with Crippen molar-refractivity contribution in [3.63, 3.8) is 0 Å². The van der Waals surface area contributed by atoms with E-state index in [1.54, 1.807) is 35.4 Å². The lowest BCUT2D eigenvalue weighted by atomic mass is 10.1. The number of thiophene rings is 1. The summed E-state index contributed by atoms with van der Waals surface area (Å²) in [6, 6.07) is 7.76. The molecule has 1 aliphatic rings. The number of halogens is 1. The minimum atomic E-state index is -0.471. The van der Waals surface area contributed by atoms with E-state index in [2.05, 4.69) is 10.3 Å². The molecule has 1 aliphatic heterocycles. The third-order valence-electron chi connectivity index (χ3n) is 4.75. The van der Waals surface area contributed by atoms with Gasteiger partial charge in [0, 0.05) is 23.3 Å². The molecule has 4 rings (SSSR count). The first-order chi connectivity index (χ1) is 13.5. The first-order valence-corrected chi connectivity index (χ1v) is 9.67. The molecule has 1 saturated heterocycles. The number of anilines is 2. The van der Waals surface area contributed by atoms with Gasteiger partial charge in [0.25, 0.3) is 0 Å². The number of ether oxygens (including phenoxy) is 1. The molecule has 1 amide bonds. The zero-order valence-corrected chi connectivity index (χ0v) is 16.2. The first kappa shape index (κ1) is 18.4. The van der Waals surface area contributed by atoms with Gasteiger partial charge in [0.15, 0.2) is 0 Å². The third kappa shape index (κ3) is 3.09. The van der Waals surface area contributed by atoms with Crippen molar-refractivity contribution in [1.82, 2.24) is 4.98 Å². The Hall–Kier alpha value is -3.00. The number of esters is 1. The van der Waals surface area contributed by atoms with E-state index in [0.717, 1.165) is 0 Å². The summed E-state index contributed by atoms with van der Waals surface area (Å²) in [6.45, 7) is 2.27. The Balaban J connectivity index is 1.63. The van der Waals surface area contributed by atoms with Crippen molar-refractivity contribution in [2.75, 3.05) is 23.9 Å². The normalized spacial score (nSPS) is 16.6. The Bertz CT molecular complexity index is 1080. The molecule has 0 aliphatic carbocycles. The Morgan fingerprint density at radius 2 is 2.21 bits per heavy atom. The van der Waals surface area contributed by atoms with E-state index in [1.807, 2.05) is 6.07 Å². The first-order valence-electron chi connectivity index (χ1n) is 8.79. The van der Waals surface area contributed by atoms with Crippen LogP contribution in [0, 0.1) is 12.7 Å². The molecule has 144 valence electrons. The third-order valence-corrected chi connectivity index (χ3v) is 5.68. The molecule has 3 heterocycles. The number of methoxy groups -OCH3 is 1. The van der Waals surface area contributed by atoms with Crippen LogP contribution in [-0.4, -0.2) is 36.6 Å². The van der Waals surface area contributed by atoms with E-state index < -0.39 is 17.8 Å². The van der Waals surface area contributed by atoms with Crippen LogP contribution in [-0.2, 0) is 9.53 Å². The largest absolute Gasteiger partial charge is 0.465 e. The van der Waals surface area contributed by atoms with Crippen LogP contribution in [0.5, 0.6) is 0 Å². The number of carbonyl (C=O) groups excluding carboxylic acids is 2. The maximum Gasteiger partial charge on any atom is 0.340 e. The fraction of sp³-hybridized carbons (Fsp3) is 0.250. The van der Waals surface area contributed by atoms with Crippen molar-refractivity contribution >= 4 is 44.8 Å². The summed E-state index contributed by atoms with van der Waals surface area (Å²) < 4.78 is 18.9. The number of para-hydroxylation sites is 1. The Labute approximate surface area is 164 Å². The quantitative estimate of drug-likeness (QED) is 0.677. The highest BCUT2D eigenvalue weighted by molar-refractivity contribution is 7.14. The number of fused-ring (bicyclic) bond motifs is 1. The number of rotatable bonds is 4. The lowest BCUT2D eigenvalue weighted by Crippen LogP contribution is -2.33. The smallest absolute Gasteiger partial charge is 0.340 e. The summed E-state index contributed by atoms with van der Waals surface area (Å²) in [5.41, 5.74) is 1.99. The van der Waals surface area contributed by atoms with Crippen molar-refractivity contribution in [2.24, 2.45) is 0 Å². The number of benzene rings is 1. The van der Waals surface area contributed by atoms with Crippen LogP contribution in [0.2, 0.25) is 0 Å². The molecular formula is C20H18FN3O3S. The maximum absolute atomic E-state index is 14.1. The lowest BCUT2D eigenvalue weighted by Gasteiger charge is -2.18. The van der Waals surface area contributed by atoms with Gasteiger partial charge in [-0.15, -0.1) is 11.3 Å².